The molecule has 1 heteroatoms. The largest absolute Gasteiger partial charge is 0.300 e. The molecular formula is C16H22O. The summed E-state index contributed by atoms with van der Waals surface area (Å²) in [4.78, 5) is 11.7. The van der Waals surface area contributed by atoms with E-state index in [0.717, 1.165) is 19.3 Å². The summed E-state index contributed by atoms with van der Waals surface area (Å²) < 4.78 is 0. The number of hydrogen-bond donors (Lipinski definition) is 0. The lowest BCUT2D eigenvalue weighted by Crippen LogP contribution is -2.29. The molecule has 1 aliphatic rings. The Morgan fingerprint density at radius 1 is 1.24 bits per heavy atom. The number of aryl methyl sites for hydroxylation is 1. The van der Waals surface area contributed by atoms with Gasteiger partial charge >= 0.3 is 0 Å². The van der Waals surface area contributed by atoms with Crippen LogP contribution in [0.1, 0.15) is 44.2 Å². The molecule has 0 saturated heterocycles. The van der Waals surface area contributed by atoms with Crippen molar-refractivity contribution in [2.45, 2.75) is 46.5 Å². The van der Waals surface area contributed by atoms with Crippen LogP contribution in [0.5, 0.6) is 0 Å². The Hall–Kier alpha value is -1.11. The van der Waals surface area contributed by atoms with Crippen LogP contribution in [0, 0.1) is 18.3 Å². The molecule has 0 heterocycles. The Labute approximate surface area is 104 Å². The molecule has 17 heavy (non-hydrogen) atoms. The zero-order valence-corrected chi connectivity index (χ0v) is 11.1. The van der Waals surface area contributed by atoms with Crippen molar-refractivity contribution in [3.05, 3.63) is 35.4 Å². The van der Waals surface area contributed by atoms with E-state index in [4.69, 9.17) is 0 Å². The monoisotopic (exact) mass is 230 g/mol. The molecule has 1 atom stereocenters. The summed E-state index contributed by atoms with van der Waals surface area (Å²) in [5, 5.41) is 0. The van der Waals surface area contributed by atoms with Crippen molar-refractivity contribution in [1.82, 2.24) is 0 Å². The first-order valence-corrected chi connectivity index (χ1v) is 6.52. The second-order valence-electron chi connectivity index (χ2n) is 6.34. The molecule has 1 saturated carbocycles. The number of Topliss-reactive ketones (excluding diaryl/α,β-unsaturated/α-hetero) is 1. The molecule has 0 aliphatic heterocycles. The first-order chi connectivity index (χ1) is 7.94. The second kappa shape index (κ2) is 4.64. The normalized spacial score (nSPS) is 23.7. The van der Waals surface area contributed by atoms with Gasteiger partial charge in [-0.1, -0.05) is 43.7 Å². The number of rotatable bonds is 2. The summed E-state index contributed by atoms with van der Waals surface area (Å²) in [6.07, 6.45) is 3.76. The molecular weight excluding hydrogens is 208 g/mol. The zero-order chi connectivity index (χ0) is 12.5. The van der Waals surface area contributed by atoms with Crippen LogP contribution < -0.4 is 0 Å². The minimum atomic E-state index is 0.199. The Morgan fingerprint density at radius 2 is 1.88 bits per heavy atom. The van der Waals surface area contributed by atoms with Crippen molar-refractivity contribution >= 4 is 5.78 Å². The highest BCUT2D eigenvalue weighted by Crippen LogP contribution is 2.38. The molecule has 0 bridgehead atoms. The van der Waals surface area contributed by atoms with Crippen molar-refractivity contribution in [1.29, 1.82) is 0 Å². The van der Waals surface area contributed by atoms with Gasteiger partial charge in [-0.05, 0) is 36.7 Å². The van der Waals surface area contributed by atoms with Crippen LogP contribution in [0.2, 0.25) is 0 Å². The Bertz CT molecular complexity index is 400. The van der Waals surface area contributed by atoms with Crippen molar-refractivity contribution in [3.8, 4) is 0 Å². The maximum atomic E-state index is 11.7. The predicted molar refractivity (Wildman–Crippen MR) is 71.0 cm³/mol. The van der Waals surface area contributed by atoms with Crippen LogP contribution in [0.25, 0.3) is 0 Å². The molecule has 92 valence electrons. The standard InChI is InChI=1S/C16H22O/c1-12-4-6-13(7-5-12)8-14-9-15(17)11-16(2,3)10-14/h4-7,14H,8-11H2,1-3H3. The van der Waals surface area contributed by atoms with Gasteiger partial charge in [0.25, 0.3) is 0 Å². The van der Waals surface area contributed by atoms with Gasteiger partial charge in [-0.15, -0.1) is 0 Å². The van der Waals surface area contributed by atoms with E-state index >= 15 is 0 Å². The van der Waals surface area contributed by atoms with Crippen LogP contribution in [0.15, 0.2) is 24.3 Å². The van der Waals surface area contributed by atoms with Gasteiger partial charge in [-0.2, -0.15) is 0 Å². The summed E-state index contributed by atoms with van der Waals surface area (Å²) in [7, 11) is 0. The Kier molecular flexibility index (Phi) is 3.37. The number of carbonyl (C=O) groups is 1. The molecule has 0 amide bonds. The van der Waals surface area contributed by atoms with E-state index in [1.54, 1.807) is 0 Å². The highest BCUT2D eigenvalue weighted by molar-refractivity contribution is 5.80. The van der Waals surface area contributed by atoms with Gasteiger partial charge in [0.15, 0.2) is 0 Å². The lowest BCUT2D eigenvalue weighted by Gasteiger charge is -2.34. The van der Waals surface area contributed by atoms with E-state index in [1.807, 2.05) is 0 Å². The summed E-state index contributed by atoms with van der Waals surface area (Å²) in [5.74, 6) is 0.979. The number of carbonyl (C=O) groups excluding carboxylic acids is 1. The van der Waals surface area contributed by atoms with Crippen LogP contribution in [-0.2, 0) is 11.2 Å². The third-order valence-electron chi connectivity index (χ3n) is 3.68. The van der Waals surface area contributed by atoms with Gasteiger partial charge in [0, 0.05) is 12.8 Å². The van der Waals surface area contributed by atoms with Crippen molar-refractivity contribution in [2.24, 2.45) is 11.3 Å². The lowest BCUT2D eigenvalue weighted by atomic mass is 9.70. The molecule has 2 rings (SSSR count). The maximum absolute atomic E-state index is 11.7. The molecule has 0 radical (unpaired) electrons. The van der Waals surface area contributed by atoms with Gasteiger partial charge in [-0.3, -0.25) is 4.79 Å². The van der Waals surface area contributed by atoms with Crippen LogP contribution >= 0.6 is 0 Å². The van der Waals surface area contributed by atoms with E-state index in [1.165, 1.54) is 17.5 Å². The summed E-state index contributed by atoms with van der Waals surface area (Å²) in [6.45, 7) is 6.54. The molecule has 1 aliphatic carbocycles. The topological polar surface area (TPSA) is 17.1 Å². The first kappa shape index (κ1) is 12.3. The second-order valence-corrected chi connectivity index (χ2v) is 6.34. The molecule has 1 aromatic rings. The highest BCUT2D eigenvalue weighted by Gasteiger charge is 2.32. The minimum Gasteiger partial charge on any atom is -0.300 e. The van der Waals surface area contributed by atoms with Crippen LogP contribution in [-0.4, -0.2) is 5.78 Å². The fourth-order valence-electron chi connectivity index (χ4n) is 3.06. The number of ketones is 1. The van der Waals surface area contributed by atoms with E-state index < -0.39 is 0 Å². The van der Waals surface area contributed by atoms with Gasteiger partial charge in [0.2, 0.25) is 0 Å². The minimum absolute atomic E-state index is 0.199. The third-order valence-corrected chi connectivity index (χ3v) is 3.68. The number of hydrogen-bond acceptors (Lipinski definition) is 1. The quantitative estimate of drug-likeness (QED) is 0.752. The Balaban J connectivity index is 2.03. The summed E-state index contributed by atoms with van der Waals surface area (Å²) >= 11 is 0. The smallest absolute Gasteiger partial charge is 0.133 e. The molecule has 1 nitrogen and oxygen atoms in total. The van der Waals surface area contributed by atoms with E-state index in [0.29, 0.717) is 11.7 Å². The average molecular weight is 230 g/mol. The van der Waals surface area contributed by atoms with E-state index in [9.17, 15) is 4.79 Å². The SMILES string of the molecule is Cc1ccc(CC2CC(=O)CC(C)(C)C2)cc1. The fourth-order valence-corrected chi connectivity index (χ4v) is 3.06. The molecule has 0 aromatic heterocycles. The van der Waals surface area contributed by atoms with Gasteiger partial charge in [0.05, 0.1) is 0 Å². The third kappa shape index (κ3) is 3.42. The van der Waals surface area contributed by atoms with Crippen molar-refractivity contribution in [2.75, 3.05) is 0 Å². The zero-order valence-electron chi connectivity index (χ0n) is 11.1. The fraction of sp³-hybridized carbons (Fsp3) is 0.562. The summed E-state index contributed by atoms with van der Waals surface area (Å²) in [5.41, 5.74) is 2.87. The van der Waals surface area contributed by atoms with E-state index in [-0.39, 0.29) is 5.41 Å². The molecule has 1 aromatic carbocycles. The Morgan fingerprint density at radius 3 is 2.47 bits per heavy atom. The predicted octanol–water partition coefficient (Wildman–Crippen LogP) is 3.93. The first-order valence-electron chi connectivity index (χ1n) is 6.52. The van der Waals surface area contributed by atoms with Gasteiger partial charge in [0.1, 0.15) is 5.78 Å². The van der Waals surface area contributed by atoms with Crippen molar-refractivity contribution < 1.29 is 4.79 Å². The highest BCUT2D eigenvalue weighted by atomic mass is 16.1. The molecule has 0 N–H and O–H groups in total. The lowest BCUT2D eigenvalue weighted by molar-refractivity contribution is -0.124. The maximum Gasteiger partial charge on any atom is 0.133 e. The van der Waals surface area contributed by atoms with Gasteiger partial charge in [-0.25, -0.2) is 0 Å². The number of benzene rings is 1. The molecule has 0 spiro atoms. The van der Waals surface area contributed by atoms with Crippen molar-refractivity contribution in [3.63, 3.8) is 0 Å². The average Bonchev–Trinajstić information content (AvgIpc) is 2.18. The van der Waals surface area contributed by atoms with Gasteiger partial charge < -0.3 is 0 Å². The molecule has 1 fully saturated rings. The summed E-state index contributed by atoms with van der Waals surface area (Å²) in [6, 6.07) is 8.71. The molecule has 1 unspecified atom stereocenters. The van der Waals surface area contributed by atoms with E-state index in [2.05, 4.69) is 45.0 Å². The van der Waals surface area contributed by atoms with Crippen LogP contribution in [0.3, 0.4) is 0 Å². The van der Waals surface area contributed by atoms with Crippen LogP contribution in [0.4, 0.5) is 0 Å².